The molecule has 1 aromatic rings. The van der Waals surface area contributed by atoms with Gasteiger partial charge in [0.05, 0.1) is 13.2 Å². The van der Waals surface area contributed by atoms with E-state index in [0.29, 0.717) is 37.5 Å². The van der Waals surface area contributed by atoms with Crippen molar-refractivity contribution in [3.05, 3.63) is 34.9 Å². The smallest absolute Gasteiger partial charge is 0.323 e. The molecule has 0 aromatic heterocycles. The molecule has 7 nitrogen and oxygen atoms in total. The van der Waals surface area contributed by atoms with Crippen LogP contribution >= 0.6 is 0 Å². The van der Waals surface area contributed by atoms with Crippen LogP contribution in [-0.4, -0.2) is 62.3 Å². The molecule has 3 rings (SSSR count). The summed E-state index contributed by atoms with van der Waals surface area (Å²) in [6, 6.07) is 6.49. The average Bonchev–Trinajstić information content (AvgIpc) is 2.86. The lowest BCUT2D eigenvalue weighted by Crippen LogP contribution is -2.65. The van der Waals surface area contributed by atoms with E-state index in [0.717, 1.165) is 58.2 Å². The Bertz CT molecular complexity index is 871. The Labute approximate surface area is 218 Å². The van der Waals surface area contributed by atoms with Crippen LogP contribution in [0.2, 0.25) is 0 Å². The fraction of sp³-hybridized carbons (Fsp3) is 0.759. The van der Waals surface area contributed by atoms with Gasteiger partial charge in [0, 0.05) is 38.8 Å². The zero-order chi connectivity index (χ0) is 26.1. The van der Waals surface area contributed by atoms with E-state index in [1.165, 1.54) is 16.7 Å². The summed E-state index contributed by atoms with van der Waals surface area (Å²) in [4.78, 5) is 15.4. The van der Waals surface area contributed by atoms with Crippen LogP contribution in [0.15, 0.2) is 28.4 Å². The molecular weight excluding hydrogens is 450 g/mol. The molecule has 1 aromatic carbocycles. The number of fused-ring (bicyclic) bond motifs is 1. The summed E-state index contributed by atoms with van der Waals surface area (Å²) in [6.45, 7) is 13.4. The zero-order valence-electron chi connectivity index (χ0n) is 23.3. The lowest BCUT2D eigenvalue weighted by Gasteiger charge is -2.49. The molecule has 4 atom stereocenters. The van der Waals surface area contributed by atoms with Crippen molar-refractivity contribution < 1.29 is 9.53 Å². The Morgan fingerprint density at radius 1 is 1.28 bits per heavy atom. The molecule has 3 unspecified atom stereocenters. The molecule has 36 heavy (non-hydrogen) atoms. The van der Waals surface area contributed by atoms with E-state index in [1.54, 1.807) is 7.05 Å². The normalized spacial score (nSPS) is 26.5. The SMILES string of the molecule is CCC(CC)COC(=O)C1CC2C[C@@H](CN(CCN=NC)Cc3ccc(C)cc3C)CCC2(N)CN1. The topological polar surface area (TPSA) is 92.3 Å². The van der Waals surface area contributed by atoms with Crippen LogP contribution in [0.5, 0.6) is 0 Å². The van der Waals surface area contributed by atoms with E-state index >= 15 is 0 Å². The monoisotopic (exact) mass is 499 g/mol. The highest BCUT2D eigenvalue weighted by molar-refractivity contribution is 5.76. The summed E-state index contributed by atoms with van der Waals surface area (Å²) in [6.07, 6.45) is 6.03. The van der Waals surface area contributed by atoms with Crippen LogP contribution in [0, 0.1) is 31.6 Å². The first-order valence-corrected chi connectivity index (χ1v) is 14.0. The molecule has 1 heterocycles. The molecule has 2 aliphatic rings. The molecule has 202 valence electrons. The minimum absolute atomic E-state index is 0.104. The number of piperidine rings is 1. The number of azo groups is 1. The van der Waals surface area contributed by atoms with Crippen LogP contribution in [-0.2, 0) is 16.1 Å². The van der Waals surface area contributed by atoms with Crippen molar-refractivity contribution in [2.75, 3.05) is 39.8 Å². The van der Waals surface area contributed by atoms with Gasteiger partial charge in [-0.1, -0.05) is 50.5 Å². The van der Waals surface area contributed by atoms with E-state index < -0.39 is 0 Å². The fourth-order valence-electron chi connectivity index (χ4n) is 6.00. The maximum atomic E-state index is 12.8. The van der Waals surface area contributed by atoms with Gasteiger partial charge in [0.2, 0.25) is 0 Å². The predicted molar refractivity (Wildman–Crippen MR) is 146 cm³/mol. The van der Waals surface area contributed by atoms with Crippen LogP contribution in [0.1, 0.15) is 69.1 Å². The number of rotatable bonds is 12. The molecule has 0 radical (unpaired) electrons. The first-order chi connectivity index (χ1) is 17.3. The second-order valence-electron chi connectivity index (χ2n) is 11.3. The maximum absolute atomic E-state index is 12.8. The number of esters is 1. The van der Waals surface area contributed by atoms with Crippen molar-refractivity contribution >= 4 is 5.97 Å². The summed E-state index contributed by atoms with van der Waals surface area (Å²) in [5.41, 5.74) is 10.7. The number of ether oxygens (including phenoxy) is 1. The predicted octanol–water partition coefficient (Wildman–Crippen LogP) is 4.64. The van der Waals surface area contributed by atoms with E-state index in [1.807, 2.05) is 0 Å². The summed E-state index contributed by atoms with van der Waals surface area (Å²) < 4.78 is 5.70. The summed E-state index contributed by atoms with van der Waals surface area (Å²) in [7, 11) is 1.74. The third-order valence-corrected chi connectivity index (χ3v) is 8.61. The van der Waals surface area contributed by atoms with Gasteiger partial charge in [-0.15, -0.1) is 0 Å². The molecule has 1 saturated carbocycles. The standard InChI is InChI=1S/C29H49N5O2/c1-6-23(7-2)19-36-28(35)27-16-26-15-24(10-11-29(26,30)20-32-27)17-34(13-12-33-31-5)18-25-9-8-21(3)14-22(25)4/h8-9,14,23-24,26-27,32H,6-7,10-13,15-20,30H2,1-5H3/t24-,26?,27?,29?/m0/s1. The Kier molecular flexibility index (Phi) is 10.9. The van der Waals surface area contributed by atoms with Gasteiger partial charge in [-0.05, 0) is 68.4 Å². The molecular formula is C29H49N5O2. The van der Waals surface area contributed by atoms with Gasteiger partial charge in [-0.3, -0.25) is 9.69 Å². The van der Waals surface area contributed by atoms with Crippen molar-refractivity contribution in [2.45, 2.75) is 84.3 Å². The Balaban J connectivity index is 1.61. The number of nitrogens with zero attached hydrogens (tertiary/aromatic N) is 3. The first kappa shape index (κ1) is 28.7. The van der Waals surface area contributed by atoms with Gasteiger partial charge < -0.3 is 15.8 Å². The number of carbonyl (C=O) groups is 1. The van der Waals surface area contributed by atoms with Crippen molar-refractivity contribution in [2.24, 2.45) is 33.7 Å². The van der Waals surface area contributed by atoms with E-state index in [-0.39, 0.29) is 17.6 Å². The Morgan fingerprint density at radius 2 is 2.06 bits per heavy atom. The van der Waals surface area contributed by atoms with Gasteiger partial charge in [-0.25, -0.2) is 0 Å². The number of carbonyl (C=O) groups excluding carboxylic acids is 1. The number of aryl methyl sites for hydroxylation is 2. The Morgan fingerprint density at radius 3 is 2.75 bits per heavy atom. The lowest BCUT2D eigenvalue weighted by molar-refractivity contribution is -0.149. The number of benzene rings is 1. The third kappa shape index (κ3) is 7.83. The molecule has 0 spiro atoms. The molecule has 2 fully saturated rings. The minimum atomic E-state index is -0.240. The van der Waals surface area contributed by atoms with Gasteiger partial charge >= 0.3 is 5.97 Å². The molecule has 7 heteroatoms. The summed E-state index contributed by atoms with van der Waals surface area (Å²) in [5, 5.41) is 11.6. The summed E-state index contributed by atoms with van der Waals surface area (Å²) in [5.74, 6) is 1.24. The lowest BCUT2D eigenvalue weighted by atomic mass is 9.65. The van der Waals surface area contributed by atoms with Crippen LogP contribution in [0.25, 0.3) is 0 Å². The number of nitrogens with two attached hydrogens (primary N) is 1. The maximum Gasteiger partial charge on any atom is 0.323 e. The van der Waals surface area contributed by atoms with Crippen molar-refractivity contribution in [3.8, 4) is 0 Å². The highest BCUT2D eigenvalue weighted by atomic mass is 16.5. The molecule has 0 bridgehead atoms. The molecule has 3 N–H and O–H groups in total. The highest BCUT2D eigenvalue weighted by Crippen LogP contribution is 2.40. The fourth-order valence-corrected chi connectivity index (χ4v) is 6.00. The second kappa shape index (κ2) is 13.6. The molecule has 1 aliphatic heterocycles. The van der Waals surface area contributed by atoms with E-state index in [4.69, 9.17) is 10.5 Å². The highest BCUT2D eigenvalue weighted by Gasteiger charge is 2.46. The number of hydrogen-bond donors (Lipinski definition) is 2. The molecule has 0 amide bonds. The molecule has 1 aliphatic carbocycles. The van der Waals surface area contributed by atoms with E-state index in [2.05, 4.69) is 66.3 Å². The number of hydrogen-bond acceptors (Lipinski definition) is 7. The third-order valence-electron chi connectivity index (χ3n) is 8.61. The van der Waals surface area contributed by atoms with Crippen molar-refractivity contribution in [3.63, 3.8) is 0 Å². The average molecular weight is 500 g/mol. The van der Waals surface area contributed by atoms with Crippen LogP contribution in [0.4, 0.5) is 0 Å². The Hall–Kier alpha value is -1.83. The largest absolute Gasteiger partial charge is 0.464 e. The van der Waals surface area contributed by atoms with Crippen LogP contribution in [0.3, 0.4) is 0 Å². The van der Waals surface area contributed by atoms with Crippen molar-refractivity contribution in [1.29, 1.82) is 0 Å². The van der Waals surface area contributed by atoms with E-state index in [9.17, 15) is 4.79 Å². The van der Waals surface area contributed by atoms with Gasteiger partial charge in [-0.2, -0.15) is 10.2 Å². The van der Waals surface area contributed by atoms with Crippen LogP contribution < -0.4 is 11.1 Å². The number of nitrogens with one attached hydrogen (secondary N) is 1. The second-order valence-corrected chi connectivity index (χ2v) is 11.3. The first-order valence-electron chi connectivity index (χ1n) is 14.0. The molecule has 1 saturated heterocycles. The zero-order valence-corrected chi connectivity index (χ0v) is 23.3. The van der Waals surface area contributed by atoms with Gasteiger partial charge in [0.25, 0.3) is 0 Å². The van der Waals surface area contributed by atoms with Gasteiger partial charge in [0.15, 0.2) is 0 Å². The quantitative estimate of drug-likeness (QED) is 0.323. The van der Waals surface area contributed by atoms with Crippen molar-refractivity contribution in [1.82, 2.24) is 10.2 Å². The summed E-state index contributed by atoms with van der Waals surface area (Å²) >= 11 is 0. The minimum Gasteiger partial charge on any atom is -0.464 e. The van der Waals surface area contributed by atoms with Gasteiger partial charge in [0.1, 0.15) is 6.04 Å².